The first-order valence-electron chi connectivity index (χ1n) is 8.92. The van der Waals surface area contributed by atoms with Crippen molar-refractivity contribution in [1.82, 2.24) is 4.98 Å². The Balaban J connectivity index is 1.51. The highest BCUT2D eigenvalue weighted by molar-refractivity contribution is 7.13. The summed E-state index contributed by atoms with van der Waals surface area (Å²) in [6.45, 7) is 2.00. The van der Waals surface area contributed by atoms with Crippen molar-refractivity contribution >= 4 is 39.7 Å². The molecule has 0 bridgehead atoms. The third kappa shape index (κ3) is 5.61. The summed E-state index contributed by atoms with van der Waals surface area (Å²) in [5.41, 5.74) is 1.45. The number of nitrogens with zero attached hydrogens (tertiary/aromatic N) is 2. The number of carbonyl (C=O) groups is 2. The van der Waals surface area contributed by atoms with Crippen molar-refractivity contribution in [2.45, 2.75) is 19.6 Å². The van der Waals surface area contributed by atoms with Crippen LogP contribution in [0.15, 0.2) is 60.0 Å². The number of aromatic nitrogens is 1. The first-order chi connectivity index (χ1) is 14.4. The number of anilines is 2. The van der Waals surface area contributed by atoms with Gasteiger partial charge in [0.25, 0.3) is 11.6 Å². The van der Waals surface area contributed by atoms with E-state index in [-0.39, 0.29) is 11.4 Å². The summed E-state index contributed by atoms with van der Waals surface area (Å²) < 4.78 is 5.17. The normalized spacial score (nSPS) is 11.4. The van der Waals surface area contributed by atoms with Crippen LogP contribution in [-0.4, -0.2) is 27.9 Å². The van der Waals surface area contributed by atoms with E-state index in [1.807, 2.05) is 30.3 Å². The molecular weight excluding hydrogens is 408 g/mol. The van der Waals surface area contributed by atoms with E-state index in [0.29, 0.717) is 17.4 Å². The Labute approximate surface area is 175 Å². The summed E-state index contributed by atoms with van der Waals surface area (Å²) in [6.07, 6.45) is -1.07. The molecule has 3 aromatic rings. The fourth-order valence-electron chi connectivity index (χ4n) is 2.41. The minimum Gasteiger partial charge on any atom is -0.448 e. The Hall–Kier alpha value is -3.79. The Morgan fingerprint density at radius 3 is 2.53 bits per heavy atom. The fourth-order valence-corrected chi connectivity index (χ4v) is 3.09. The predicted molar refractivity (Wildman–Crippen MR) is 112 cm³/mol. The molecule has 0 spiro atoms. The lowest BCUT2D eigenvalue weighted by atomic mass is 10.2. The number of thiazole rings is 1. The lowest BCUT2D eigenvalue weighted by Gasteiger charge is -2.12. The van der Waals surface area contributed by atoms with Crippen LogP contribution in [0.3, 0.4) is 0 Å². The Kier molecular flexibility index (Phi) is 6.71. The van der Waals surface area contributed by atoms with Gasteiger partial charge in [-0.25, -0.2) is 9.78 Å². The molecule has 0 saturated heterocycles. The summed E-state index contributed by atoms with van der Waals surface area (Å²) in [6, 6.07) is 15.1. The smallest absolute Gasteiger partial charge is 0.358 e. The van der Waals surface area contributed by atoms with E-state index in [1.165, 1.54) is 42.5 Å². The maximum absolute atomic E-state index is 12.3. The zero-order valence-electron chi connectivity index (χ0n) is 15.9. The van der Waals surface area contributed by atoms with Crippen LogP contribution >= 0.6 is 11.3 Å². The van der Waals surface area contributed by atoms with Crippen LogP contribution in [-0.2, 0) is 16.1 Å². The molecule has 30 heavy (non-hydrogen) atoms. The number of nitro groups is 1. The van der Waals surface area contributed by atoms with Crippen LogP contribution in [0, 0.1) is 10.1 Å². The highest BCUT2D eigenvalue weighted by Gasteiger charge is 2.21. The van der Waals surface area contributed by atoms with Crippen molar-refractivity contribution < 1.29 is 19.2 Å². The zero-order chi connectivity index (χ0) is 21.5. The molecule has 0 aliphatic heterocycles. The average Bonchev–Trinajstić information content (AvgIpc) is 3.22. The molecule has 2 N–H and O–H groups in total. The lowest BCUT2D eigenvalue weighted by molar-refractivity contribution is -0.384. The molecule has 0 radical (unpaired) electrons. The van der Waals surface area contributed by atoms with Crippen molar-refractivity contribution in [3.05, 3.63) is 81.3 Å². The van der Waals surface area contributed by atoms with E-state index in [0.717, 1.165) is 5.56 Å². The van der Waals surface area contributed by atoms with Gasteiger partial charge in [0.2, 0.25) is 0 Å². The molecule has 0 fully saturated rings. The van der Waals surface area contributed by atoms with Crippen LogP contribution in [0.5, 0.6) is 0 Å². The molecule has 10 heteroatoms. The van der Waals surface area contributed by atoms with Gasteiger partial charge in [0, 0.05) is 29.7 Å². The van der Waals surface area contributed by atoms with Gasteiger partial charge in [0.15, 0.2) is 16.9 Å². The SMILES string of the molecule is CC(OC(=O)c1csc(NCc2ccccc2)n1)C(=O)Nc1ccc([N+](=O)[O-])cc1. The van der Waals surface area contributed by atoms with Gasteiger partial charge in [0.1, 0.15) is 0 Å². The van der Waals surface area contributed by atoms with Crippen molar-refractivity contribution in [2.24, 2.45) is 0 Å². The van der Waals surface area contributed by atoms with Crippen LogP contribution in [0.1, 0.15) is 23.0 Å². The third-order valence-electron chi connectivity index (χ3n) is 4.00. The van der Waals surface area contributed by atoms with Crippen molar-refractivity contribution in [2.75, 3.05) is 10.6 Å². The number of esters is 1. The van der Waals surface area contributed by atoms with E-state index in [1.54, 1.807) is 5.38 Å². The topological polar surface area (TPSA) is 123 Å². The predicted octanol–water partition coefficient (Wildman–Crippen LogP) is 3.85. The molecule has 1 aromatic heterocycles. The molecule has 1 amide bonds. The molecule has 154 valence electrons. The van der Waals surface area contributed by atoms with Gasteiger partial charge < -0.3 is 15.4 Å². The minimum atomic E-state index is -1.07. The molecular formula is C20H18N4O5S. The van der Waals surface area contributed by atoms with Crippen molar-refractivity contribution in [3.63, 3.8) is 0 Å². The van der Waals surface area contributed by atoms with Crippen molar-refractivity contribution in [1.29, 1.82) is 0 Å². The number of benzene rings is 2. The molecule has 9 nitrogen and oxygen atoms in total. The average molecular weight is 426 g/mol. The van der Waals surface area contributed by atoms with E-state index < -0.39 is 22.9 Å². The number of nitrogens with one attached hydrogen (secondary N) is 2. The quantitative estimate of drug-likeness (QED) is 0.318. The standard InChI is InChI=1S/C20H18N4O5S/c1-13(18(25)22-15-7-9-16(10-8-15)24(27)28)29-19(26)17-12-30-20(23-17)21-11-14-5-3-2-4-6-14/h2-10,12-13H,11H2,1H3,(H,21,23)(H,22,25). The maximum atomic E-state index is 12.3. The third-order valence-corrected chi connectivity index (χ3v) is 4.80. The first-order valence-corrected chi connectivity index (χ1v) is 9.80. The second kappa shape index (κ2) is 9.61. The number of amides is 1. The minimum absolute atomic E-state index is 0.0901. The van der Waals surface area contributed by atoms with Gasteiger partial charge in [-0.1, -0.05) is 30.3 Å². The highest BCUT2D eigenvalue weighted by atomic mass is 32.1. The molecule has 3 rings (SSSR count). The van der Waals surface area contributed by atoms with Gasteiger partial charge in [-0.15, -0.1) is 11.3 Å². The zero-order valence-corrected chi connectivity index (χ0v) is 16.7. The fraction of sp³-hybridized carbons (Fsp3) is 0.150. The largest absolute Gasteiger partial charge is 0.448 e. The molecule has 2 aromatic carbocycles. The highest BCUT2D eigenvalue weighted by Crippen LogP contribution is 2.19. The number of rotatable bonds is 8. The Bertz CT molecular complexity index is 1040. The number of ether oxygens (including phenoxy) is 1. The van der Waals surface area contributed by atoms with Crippen LogP contribution in [0.25, 0.3) is 0 Å². The summed E-state index contributed by atoms with van der Waals surface area (Å²) in [4.78, 5) is 38.8. The van der Waals surface area contributed by atoms with Gasteiger partial charge in [-0.2, -0.15) is 0 Å². The van der Waals surface area contributed by atoms with E-state index in [4.69, 9.17) is 4.74 Å². The van der Waals surface area contributed by atoms with E-state index in [9.17, 15) is 19.7 Å². The molecule has 0 aliphatic carbocycles. The molecule has 0 aliphatic rings. The van der Waals surface area contributed by atoms with Crippen LogP contribution in [0.2, 0.25) is 0 Å². The summed E-state index contributed by atoms with van der Waals surface area (Å²) in [5.74, 6) is -1.28. The first kappa shape index (κ1) is 20.9. The second-order valence-electron chi connectivity index (χ2n) is 6.22. The lowest BCUT2D eigenvalue weighted by Crippen LogP contribution is -2.30. The molecule has 1 heterocycles. The molecule has 1 unspecified atom stereocenters. The Morgan fingerprint density at radius 1 is 1.17 bits per heavy atom. The maximum Gasteiger partial charge on any atom is 0.358 e. The summed E-state index contributed by atoms with van der Waals surface area (Å²) in [5, 5.41) is 18.4. The molecule has 0 saturated carbocycles. The van der Waals surface area contributed by atoms with Crippen LogP contribution < -0.4 is 10.6 Å². The Morgan fingerprint density at radius 2 is 1.87 bits per heavy atom. The molecule has 1 atom stereocenters. The van der Waals surface area contributed by atoms with Gasteiger partial charge >= 0.3 is 5.97 Å². The van der Waals surface area contributed by atoms with Crippen LogP contribution in [0.4, 0.5) is 16.5 Å². The number of hydrogen-bond acceptors (Lipinski definition) is 8. The number of hydrogen-bond donors (Lipinski definition) is 2. The van der Waals surface area contributed by atoms with Gasteiger partial charge in [0.05, 0.1) is 4.92 Å². The van der Waals surface area contributed by atoms with Gasteiger partial charge in [-0.05, 0) is 24.6 Å². The van der Waals surface area contributed by atoms with E-state index in [2.05, 4.69) is 15.6 Å². The summed E-state index contributed by atoms with van der Waals surface area (Å²) >= 11 is 1.26. The van der Waals surface area contributed by atoms with Gasteiger partial charge in [-0.3, -0.25) is 14.9 Å². The monoisotopic (exact) mass is 426 g/mol. The van der Waals surface area contributed by atoms with E-state index >= 15 is 0 Å². The number of carbonyl (C=O) groups excluding carboxylic acids is 2. The summed E-state index contributed by atoms with van der Waals surface area (Å²) in [7, 11) is 0. The number of non-ortho nitro benzene ring substituents is 1. The second-order valence-corrected chi connectivity index (χ2v) is 7.08. The van der Waals surface area contributed by atoms with Crippen molar-refractivity contribution in [3.8, 4) is 0 Å². The number of nitro benzene ring substituents is 1.